The van der Waals surface area contributed by atoms with Crippen LogP contribution in [-0.2, 0) is 5.41 Å². The van der Waals surface area contributed by atoms with Gasteiger partial charge in [0.2, 0.25) is 0 Å². The molecule has 0 aliphatic carbocycles. The number of nitrogens with one attached hydrogen (secondary N) is 1. The summed E-state index contributed by atoms with van der Waals surface area (Å²) in [6, 6.07) is 14.3. The average Bonchev–Trinajstić information content (AvgIpc) is 2.52. The van der Waals surface area contributed by atoms with Crippen LogP contribution in [0.1, 0.15) is 30.5 Å². The molecule has 2 aromatic rings. The maximum atomic E-state index is 6.06. The van der Waals surface area contributed by atoms with Crippen molar-refractivity contribution < 1.29 is 4.74 Å². The summed E-state index contributed by atoms with van der Waals surface area (Å²) in [4.78, 5) is 4.52. The number of halogens is 1. The summed E-state index contributed by atoms with van der Waals surface area (Å²) < 4.78 is 5.21. The van der Waals surface area contributed by atoms with Crippen molar-refractivity contribution in [1.29, 1.82) is 0 Å². The van der Waals surface area contributed by atoms with E-state index in [1.165, 1.54) is 16.7 Å². The Bertz CT molecular complexity index is 704. The number of aryl methyl sites for hydroxylation is 2. The summed E-state index contributed by atoms with van der Waals surface area (Å²) in [5.41, 5.74) is 10.5. The smallest absolute Gasteiger partial charge is 0.193 e. The fourth-order valence-electron chi connectivity index (χ4n) is 2.65. The largest absolute Gasteiger partial charge is 0.497 e. The third-order valence-electron chi connectivity index (χ3n) is 4.01. The molecule has 2 aromatic carbocycles. The molecule has 0 amide bonds. The summed E-state index contributed by atoms with van der Waals surface area (Å²) in [5, 5.41) is 3.17. The predicted octanol–water partition coefficient (Wildman–Crippen LogP) is 4.63. The topological polar surface area (TPSA) is 59.6 Å². The van der Waals surface area contributed by atoms with Crippen molar-refractivity contribution >= 4 is 35.6 Å². The maximum absolute atomic E-state index is 6.06. The van der Waals surface area contributed by atoms with Crippen molar-refractivity contribution in [2.24, 2.45) is 10.7 Å². The van der Waals surface area contributed by atoms with E-state index >= 15 is 0 Å². The fourth-order valence-corrected chi connectivity index (χ4v) is 2.65. The summed E-state index contributed by atoms with van der Waals surface area (Å²) >= 11 is 0. The molecule has 0 radical (unpaired) electrons. The molecule has 0 heterocycles. The quantitative estimate of drug-likeness (QED) is 0.394. The van der Waals surface area contributed by atoms with Crippen LogP contribution in [0.5, 0.6) is 5.75 Å². The highest BCUT2D eigenvalue weighted by molar-refractivity contribution is 14.0. The number of aliphatic imine (C=N–C) groups is 1. The van der Waals surface area contributed by atoms with Gasteiger partial charge in [-0.1, -0.05) is 32.0 Å². The van der Waals surface area contributed by atoms with Crippen LogP contribution in [0.2, 0.25) is 0 Å². The van der Waals surface area contributed by atoms with E-state index in [4.69, 9.17) is 10.5 Å². The highest BCUT2D eigenvalue weighted by Crippen LogP contribution is 2.25. The third kappa shape index (κ3) is 6.23. The zero-order valence-corrected chi connectivity index (χ0v) is 17.9. The van der Waals surface area contributed by atoms with Crippen LogP contribution in [-0.4, -0.2) is 19.6 Å². The first-order valence-corrected chi connectivity index (χ1v) is 8.10. The Morgan fingerprint density at radius 2 is 1.64 bits per heavy atom. The highest BCUT2D eigenvalue weighted by Gasteiger charge is 2.20. The Morgan fingerprint density at radius 3 is 2.16 bits per heavy atom. The van der Waals surface area contributed by atoms with Gasteiger partial charge in [0.25, 0.3) is 0 Å². The average molecular weight is 453 g/mol. The minimum absolute atomic E-state index is 0. The summed E-state index contributed by atoms with van der Waals surface area (Å²) in [6.45, 7) is 9.05. The van der Waals surface area contributed by atoms with Gasteiger partial charge in [-0.25, -0.2) is 0 Å². The molecule has 136 valence electrons. The zero-order chi connectivity index (χ0) is 17.7. The van der Waals surface area contributed by atoms with Gasteiger partial charge in [-0.15, -0.1) is 24.0 Å². The zero-order valence-electron chi connectivity index (χ0n) is 15.6. The van der Waals surface area contributed by atoms with Crippen LogP contribution < -0.4 is 15.8 Å². The van der Waals surface area contributed by atoms with Gasteiger partial charge < -0.3 is 15.8 Å². The molecule has 5 heteroatoms. The number of benzene rings is 2. The van der Waals surface area contributed by atoms with Gasteiger partial charge >= 0.3 is 0 Å². The van der Waals surface area contributed by atoms with Gasteiger partial charge in [-0.2, -0.15) is 0 Å². The summed E-state index contributed by atoms with van der Waals surface area (Å²) in [7, 11) is 1.67. The molecule has 0 bridgehead atoms. The number of rotatable bonds is 5. The second kappa shape index (κ2) is 9.08. The van der Waals surface area contributed by atoms with Gasteiger partial charge in [0.05, 0.1) is 13.7 Å². The Hall–Kier alpha value is -1.76. The van der Waals surface area contributed by atoms with Gasteiger partial charge in [0, 0.05) is 11.1 Å². The van der Waals surface area contributed by atoms with E-state index in [9.17, 15) is 0 Å². The van der Waals surface area contributed by atoms with E-state index in [2.05, 4.69) is 68.3 Å². The monoisotopic (exact) mass is 453 g/mol. The Labute approximate surface area is 167 Å². The van der Waals surface area contributed by atoms with E-state index in [1.807, 2.05) is 12.1 Å². The molecule has 0 aliphatic heterocycles. The lowest BCUT2D eigenvalue weighted by Crippen LogP contribution is -2.27. The molecule has 0 aromatic heterocycles. The number of hydrogen-bond acceptors (Lipinski definition) is 2. The molecule has 0 saturated carbocycles. The Kier molecular flexibility index (Phi) is 7.73. The number of ether oxygens (including phenoxy) is 1. The second-order valence-electron chi connectivity index (χ2n) is 6.82. The van der Waals surface area contributed by atoms with E-state index in [-0.39, 0.29) is 29.4 Å². The maximum Gasteiger partial charge on any atom is 0.193 e. The third-order valence-corrected chi connectivity index (χ3v) is 4.01. The first-order valence-electron chi connectivity index (χ1n) is 8.10. The van der Waals surface area contributed by atoms with Crippen molar-refractivity contribution in [2.75, 3.05) is 19.0 Å². The number of methoxy groups -OCH3 is 1. The highest BCUT2D eigenvalue weighted by atomic mass is 127. The lowest BCUT2D eigenvalue weighted by atomic mass is 9.85. The molecule has 2 rings (SSSR count). The molecule has 3 N–H and O–H groups in total. The molecule has 0 fully saturated rings. The normalized spacial score (nSPS) is 11.6. The lowest BCUT2D eigenvalue weighted by Gasteiger charge is -2.23. The Balaban J connectivity index is 0.00000312. The van der Waals surface area contributed by atoms with E-state index in [1.54, 1.807) is 7.11 Å². The number of nitrogens with two attached hydrogens (primary N) is 1. The van der Waals surface area contributed by atoms with Gasteiger partial charge in [0.1, 0.15) is 5.75 Å². The minimum Gasteiger partial charge on any atom is -0.497 e. The first-order chi connectivity index (χ1) is 11.3. The van der Waals surface area contributed by atoms with Crippen LogP contribution in [0, 0.1) is 13.8 Å². The van der Waals surface area contributed by atoms with Crippen LogP contribution in [0.25, 0.3) is 0 Å². The van der Waals surface area contributed by atoms with Crippen molar-refractivity contribution in [1.82, 2.24) is 0 Å². The number of guanidine groups is 1. The standard InChI is InChI=1S/C20H27N3O.HI/c1-14-10-15(2)12-17(11-14)23-19(21)22-13-20(3,4)16-6-8-18(24-5)9-7-16;/h6-12H,13H2,1-5H3,(H3,21,22,23);1H. The van der Waals surface area contributed by atoms with Gasteiger partial charge in [-0.05, 0) is 54.8 Å². The van der Waals surface area contributed by atoms with Gasteiger partial charge in [-0.3, -0.25) is 4.99 Å². The SMILES string of the molecule is COc1ccc(C(C)(C)CN=C(N)Nc2cc(C)cc(C)c2)cc1.I. The van der Waals surface area contributed by atoms with Crippen LogP contribution in [0.4, 0.5) is 5.69 Å². The predicted molar refractivity (Wildman–Crippen MR) is 117 cm³/mol. The fraction of sp³-hybridized carbons (Fsp3) is 0.350. The van der Waals surface area contributed by atoms with Crippen LogP contribution in [0.15, 0.2) is 47.5 Å². The number of anilines is 1. The van der Waals surface area contributed by atoms with Crippen molar-refractivity contribution in [3.05, 3.63) is 59.2 Å². The van der Waals surface area contributed by atoms with Crippen LogP contribution in [0.3, 0.4) is 0 Å². The molecule has 0 atom stereocenters. The second-order valence-corrected chi connectivity index (χ2v) is 6.82. The molecule has 0 aliphatic rings. The van der Waals surface area contributed by atoms with Crippen molar-refractivity contribution in [3.63, 3.8) is 0 Å². The lowest BCUT2D eigenvalue weighted by molar-refractivity contribution is 0.414. The molecule has 0 spiro atoms. The van der Waals surface area contributed by atoms with Crippen molar-refractivity contribution in [3.8, 4) is 5.75 Å². The molecule has 4 nitrogen and oxygen atoms in total. The molecular weight excluding hydrogens is 425 g/mol. The molecule has 0 saturated heterocycles. The first kappa shape index (κ1) is 21.3. The molecule has 25 heavy (non-hydrogen) atoms. The summed E-state index contributed by atoms with van der Waals surface area (Å²) in [6.07, 6.45) is 0. The van der Waals surface area contributed by atoms with E-state index < -0.39 is 0 Å². The molecular formula is C20H28IN3O. The number of nitrogens with zero attached hydrogens (tertiary/aromatic N) is 1. The summed E-state index contributed by atoms with van der Waals surface area (Å²) in [5.74, 6) is 1.29. The van der Waals surface area contributed by atoms with Gasteiger partial charge in [0.15, 0.2) is 5.96 Å². The van der Waals surface area contributed by atoms with E-state index in [0.717, 1.165) is 11.4 Å². The van der Waals surface area contributed by atoms with Crippen LogP contribution >= 0.6 is 24.0 Å². The van der Waals surface area contributed by atoms with E-state index in [0.29, 0.717) is 12.5 Å². The Morgan fingerprint density at radius 1 is 1.08 bits per heavy atom. The molecule has 0 unspecified atom stereocenters. The minimum atomic E-state index is -0.110. The van der Waals surface area contributed by atoms with Crippen molar-refractivity contribution in [2.45, 2.75) is 33.1 Å². The number of hydrogen-bond donors (Lipinski definition) is 2.